The Hall–Kier alpha value is -1.07. The van der Waals surface area contributed by atoms with Gasteiger partial charge in [0.15, 0.2) is 5.82 Å². The molecule has 0 fully saturated rings. The minimum atomic E-state index is -0.586. The number of hydrogen-bond donors (Lipinski definition) is 0. The molecule has 0 amide bonds. The average molecular weight is 156 g/mol. The SMILES string of the molecule is C#Cc1cncc(F)c1Cl. The third-order valence-electron chi connectivity index (χ3n) is 0.993. The summed E-state index contributed by atoms with van der Waals surface area (Å²) in [6, 6.07) is 0. The van der Waals surface area contributed by atoms with Crippen LogP contribution in [0.15, 0.2) is 12.4 Å². The van der Waals surface area contributed by atoms with Gasteiger partial charge in [0, 0.05) is 6.20 Å². The van der Waals surface area contributed by atoms with Crippen LogP contribution in [0, 0.1) is 18.2 Å². The van der Waals surface area contributed by atoms with E-state index in [1.807, 2.05) is 0 Å². The van der Waals surface area contributed by atoms with E-state index in [2.05, 4.69) is 10.9 Å². The predicted molar refractivity (Wildman–Crippen MR) is 37.1 cm³/mol. The van der Waals surface area contributed by atoms with Crippen LogP contribution in [0.2, 0.25) is 5.02 Å². The maximum atomic E-state index is 12.5. The van der Waals surface area contributed by atoms with Gasteiger partial charge in [0.1, 0.15) is 0 Å². The molecule has 0 unspecified atom stereocenters. The van der Waals surface area contributed by atoms with Gasteiger partial charge in [0.2, 0.25) is 0 Å². The Morgan fingerprint density at radius 2 is 2.30 bits per heavy atom. The van der Waals surface area contributed by atoms with Gasteiger partial charge >= 0.3 is 0 Å². The fourth-order valence-electron chi connectivity index (χ4n) is 0.520. The monoisotopic (exact) mass is 155 g/mol. The molecule has 0 N–H and O–H groups in total. The lowest BCUT2D eigenvalue weighted by molar-refractivity contribution is 0.621. The van der Waals surface area contributed by atoms with E-state index in [0.29, 0.717) is 0 Å². The number of pyridine rings is 1. The van der Waals surface area contributed by atoms with Crippen LogP contribution < -0.4 is 0 Å². The molecule has 0 aliphatic heterocycles. The Morgan fingerprint density at radius 3 is 2.80 bits per heavy atom. The first kappa shape index (κ1) is 7.04. The molecular weight excluding hydrogens is 153 g/mol. The summed E-state index contributed by atoms with van der Waals surface area (Å²) in [6.45, 7) is 0. The van der Waals surface area contributed by atoms with Crippen LogP contribution >= 0.6 is 11.6 Å². The Labute approximate surface area is 62.8 Å². The number of nitrogens with zero attached hydrogens (tertiary/aromatic N) is 1. The third-order valence-corrected chi connectivity index (χ3v) is 1.38. The number of hydrogen-bond acceptors (Lipinski definition) is 1. The normalized spacial score (nSPS) is 8.90. The van der Waals surface area contributed by atoms with Gasteiger partial charge < -0.3 is 0 Å². The maximum absolute atomic E-state index is 12.5. The van der Waals surface area contributed by atoms with Crippen LogP contribution in [-0.4, -0.2) is 4.98 Å². The van der Waals surface area contributed by atoms with E-state index < -0.39 is 5.82 Å². The Balaban J connectivity index is 3.31. The molecule has 0 saturated heterocycles. The fourth-order valence-corrected chi connectivity index (χ4v) is 0.672. The third kappa shape index (κ3) is 1.09. The lowest BCUT2D eigenvalue weighted by atomic mass is 10.3. The van der Waals surface area contributed by atoms with Gasteiger partial charge in [0.05, 0.1) is 16.8 Å². The van der Waals surface area contributed by atoms with Crippen molar-refractivity contribution in [3.05, 3.63) is 28.8 Å². The lowest BCUT2D eigenvalue weighted by Crippen LogP contribution is -1.84. The summed E-state index contributed by atoms with van der Waals surface area (Å²) < 4.78 is 12.5. The van der Waals surface area contributed by atoms with Crippen molar-refractivity contribution in [2.75, 3.05) is 0 Å². The van der Waals surface area contributed by atoms with E-state index in [1.54, 1.807) is 0 Å². The predicted octanol–water partition coefficient (Wildman–Crippen LogP) is 1.86. The first-order valence-corrected chi connectivity index (χ1v) is 2.89. The minimum absolute atomic E-state index is 0.0440. The van der Waals surface area contributed by atoms with Crippen LogP contribution in [0.1, 0.15) is 5.56 Å². The molecule has 1 aromatic heterocycles. The molecule has 10 heavy (non-hydrogen) atoms. The molecular formula is C7H3ClFN. The van der Waals surface area contributed by atoms with Crippen LogP contribution in [0.3, 0.4) is 0 Å². The summed E-state index contributed by atoms with van der Waals surface area (Å²) in [5, 5.41) is -0.0440. The number of halogens is 2. The number of terminal acetylenes is 1. The summed E-state index contributed by atoms with van der Waals surface area (Å²) in [4.78, 5) is 3.51. The van der Waals surface area contributed by atoms with E-state index in [1.165, 1.54) is 6.20 Å². The number of aromatic nitrogens is 1. The highest BCUT2D eigenvalue weighted by Gasteiger charge is 2.02. The quantitative estimate of drug-likeness (QED) is 0.521. The fraction of sp³-hybridized carbons (Fsp3) is 0. The Kier molecular flexibility index (Phi) is 1.88. The second-order valence-electron chi connectivity index (χ2n) is 1.63. The van der Waals surface area contributed by atoms with E-state index >= 15 is 0 Å². The van der Waals surface area contributed by atoms with Crippen molar-refractivity contribution in [2.45, 2.75) is 0 Å². The van der Waals surface area contributed by atoms with Crippen molar-refractivity contribution in [2.24, 2.45) is 0 Å². The smallest absolute Gasteiger partial charge is 0.161 e. The highest BCUT2D eigenvalue weighted by atomic mass is 35.5. The molecule has 0 spiro atoms. The zero-order valence-electron chi connectivity index (χ0n) is 4.94. The van der Waals surface area contributed by atoms with Gasteiger partial charge in [-0.15, -0.1) is 6.42 Å². The first-order valence-electron chi connectivity index (χ1n) is 2.51. The lowest BCUT2D eigenvalue weighted by Gasteiger charge is -1.93. The summed E-state index contributed by atoms with van der Waals surface area (Å²) in [5.41, 5.74) is 0.279. The van der Waals surface area contributed by atoms with Crippen molar-refractivity contribution >= 4 is 11.6 Å². The van der Waals surface area contributed by atoms with Crippen molar-refractivity contribution in [3.8, 4) is 12.3 Å². The molecule has 50 valence electrons. The maximum Gasteiger partial charge on any atom is 0.161 e. The van der Waals surface area contributed by atoms with Crippen molar-refractivity contribution in [3.63, 3.8) is 0 Å². The van der Waals surface area contributed by atoms with E-state index in [-0.39, 0.29) is 10.6 Å². The molecule has 0 aliphatic rings. The van der Waals surface area contributed by atoms with Crippen molar-refractivity contribution < 1.29 is 4.39 Å². The largest absolute Gasteiger partial charge is 0.260 e. The topological polar surface area (TPSA) is 12.9 Å². The summed E-state index contributed by atoms with van der Waals surface area (Å²) in [6.07, 6.45) is 7.33. The van der Waals surface area contributed by atoms with Gasteiger partial charge in [-0.1, -0.05) is 17.5 Å². The molecule has 1 aromatic rings. The second kappa shape index (κ2) is 2.68. The van der Waals surface area contributed by atoms with Crippen molar-refractivity contribution in [1.29, 1.82) is 0 Å². The van der Waals surface area contributed by atoms with Crippen LogP contribution in [-0.2, 0) is 0 Å². The van der Waals surface area contributed by atoms with Gasteiger partial charge in [-0.05, 0) is 0 Å². The summed E-state index contributed by atoms with van der Waals surface area (Å²) in [5.74, 6) is 1.62. The zero-order chi connectivity index (χ0) is 7.56. The second-order valence-corrected chi connectivity index (χ2v) is 2.01. The molecule has 3 heteroatoms. The summed E-state index contributed by atoms with van der Waals surface area (Å²) >= 11 is 5.44. The molecule has 0 atom stereocenters. The first-order chi connectivity index (χ1) is 4.75. The highest BCUT2D eigenvalue weighted by molar-refractivity contribution is 6.31. The molecule has 0 aromatic carbocycles. The molecule has 1 heterocycles. The van der Waals surface area contributed by atoms with Crippen LogP contribution in [0.5, 0.6) is 0 Å². The molecule has 0 aliphatic carbocycles. The van der Waals surface area contributed by atoms with E-state index in [4.69, 9.17) is 18.0 Å². The van der Waals surface area contributed by atoms with Gasteiger partial charge in [0.25, 0.3) is 0 Å². The van der Waals surface area contributed by atoms with Gasteiger partial charge in [-0.3, -0.25) is 4.98 Å². The van der Waals surface area contributed by atoms with Crippen LogP contribution in [0.4, 0.5) is 4.39 Å². The van der Waals surface area contributed by atoms with Gasteiger partial charge in [-0.25, -0.2) is 4.39 Å². The standard InChI is InChI=1S/C7H3ClFN/c1-2-5-3-10-4-6(9)7(5)8/h1,3-4H. The minimum Gasteiger partial charge on any atom is -0.260 e. The van der Waals surface area contributed by atoms with E-state index in [9.17, 15) is 4.39 Å². The van der Waals surface area contributed by atoms with E-state index in [0.717, 1.165) is 6.20 Å². The van der Waals surface area contributed by atoms with Gasteiger partial charge in [-0.2, -0.15) is 0 Å². The highest BCUT2D eigenvalue weighted by Crippen LogP contribution is 2.16. The Bertz CT molecular complexity index is 290. The average Bonchev–Trinajstić information content (AvgIpc) is 1.95. The molecule has 0 bridgehead atoms. The number of rotatable bonds is 0. The molecule has 1 nitrogen and oxygen atoms in total. The molecule has 0 radical (unpaired) electrons. The molecule has 0 saturated carbocycles. The Morgan fingerprint density at radius 1 is 1.60 bits per heavy atom. The molecule has 1 rings (SSSR count). The zero-order valence-corrected chi connectivity index (χ0v) is 5.69. The van der Waals surface area contributed by atoms with Crippen molar-refractivity contribution in [1.82, 2.24) is 4.98 Å². The van der Waals surface area contributed by atoms with Crippen LogP contribution in [0.25, 0.3) is 0 Å². The summed E-state index contributed by atoms with van der Waals surface area (Å²) in [7, 11) is 0.